The summed E-state index contributed by atoms with van der Waals surface area (Å²) in [5, 5.41) is 1.50. The number of carbonyl (C=O) groups excluding carboxylic acids is 2. The molecule has 0 heterocycles. The number of rotatable bonds is 4. The molecule has 0 aliphatic carbocycles. The van der Waals surface area contributed by atoms with Crippen LogP contribution in [0.5, 0.6) is 0 Å². The summed E-state index contributed by atoms with van der Waals surface area (Å²) in [6.07, 6.45) is -6.31. The van der Waals surface area contributed by atoms with Crippen LogP contribution in [0.25, 0.3) is 10.8 Å². The Labute approximate surface area is 106 Å². The van der Waals surface area contributed by atoms with Crippen LogP contribution >= 0.6 is 0 Å². The quantitative estimate of drug-likeness (QED) is 0.629. The summed E-state index contributed by atoms with van der Waals surface area (Å²) >= 11 is 0. The maximum atomic E-state index is 13.3. The number of alkyl halides is 3. The van der Waals surface area contributed by atoms with Crippen molar-refractivity contribution in [2.45, 2.75) is 12.6 Å². The van der Waals surface area contributed by atoms with Crippen molar-refractivity contribution in [2.75, 3.05) is 0 Å². The Kier molecular flexibility index (Phi) is 3.64. The molecule has 98 valence electrons. The molecule has 0 radical (unpaired) electrons. The third-order valence-corrected chi connectivity index (χ3v) is 2.73. The smallest absolute Gasteiger partial charge is 0.290 e. The Bertz CT molecular complexity index is 637. The van der Waals surface area contributed by atoms with Crippen LogP contribution in [0.1, 0.15) is 10.4 Å². The first-order valence-electron chi connectivity index (χ1n) is 5.49. The lowest BCUT2D eigenvalue weighted by Crippen LogP contribution is -2.30. The second kappa shape index (κ2) is 5.22. The minimum atomic E-state index is -3.49. The van der Waals surface area contributed by atoms with Gasteiger partial charge in [0.1, 0.15) is 0 Å². The monoisotopic (exact) mass is 266 g/mol. The highest BCUT2D eigenvalue weighted by molar-refractivity contribution is 6.14. The van der Waals surface area contributed by atoms with E-state index >= 15 is 0 Å². The van der Waals surface area contributed by atoms with Gasteiger partial charge < -0.3 is 0 Å². The van der Waals surface area contributed by atoms with E-state index in [9.17, 15) is 22.8 Å². The minimum Gasteiger partial charge on any atom is -0.290 e. The van der Waals surface area contributed by atoms with E-state index in [1.165, 1.54) is 12.1 Å². The highest BCUT2D eigenvalue weighted by Crippen LogP contribution is 2.18. The number of hydrogen-bond donors (Lipinski definition) is 0. The van der Waals surface area contributed by atoms with E-state index < -0.39 is 24.2 Å². The molecule has 5 heteroatoms. The average Bonchev–Trinajstić information content (AvgIpc) is 2.44. The molecule has 0 saturated carbocycles. The predicted octanol–water partition coefficient (Wildman–Crippen LogP) is 3.19. The summed E-state index contributed by atoms with van der Waals surface area (Å²) in [4.78, 5) is 22.4. The Morgan fingerprint density at radius 3 is 2.16 bits per heavy atom. The van der Waals surface area contributed by atoms with Crippen molar-refractivity contribution in [3.8, 4) is 0 Å². The molecular formula is C14H9F3O2. The van der Waals surface area contributed by atoms with Gasteiger partial charge in [-0.2, -0.15) is 0 Å². The van der Waals surface area contributed by atoms with Crippen molar-refractivity contribution in [3.05, 3.63) is 48.0 Å². The first kappa shape index (κ1) is 13.3. The highest BCUT2D eigenvalue weighted by Gasteiger charge is 2.33. The van der Waals surface area contributed by atoms with Crippen molar-refractivity contribution in [3.63, 3.8) is 0 Å². The molecule has 0 fully saturated rings. The summed E-state index contributed by atoms with van der Waals surface area (Å²) < 4.78 is 37.5. The standard InChI is InChI=1S/C14H9F3O2/c15-11(13(19)14(16)17)12(18)10-6-5-8-3-1-2-4-9(8)7-10/h1-7,11,14H. The van der Waals surface area contributed by atoms with Crippen molar-refractivity contribution in [1.82, 2.24) is 0 Å². The number of halogens is 3. The molecule has 0 spiro atoms. The number of Topliss-reactive ketones (excluding diaryl/α,β-unsaturated/α-hetero) is 2. The molecule has 0 saturated heterocycles. The molecule has 0 aliphatic heterocycles. The van der Waals surface area contributed by atoms with Gasteiger partial charge in [-0.05, 0) is 16.8 Å². The number of hydrogen-bond acceptors (Lipinski definition) is 2. The number of carbonyl (C=O) groups is 2. The Morgan fingerprint density at radius 1 is 0.895 bits per heavy atom. The van der Waals surface area contributed by atoms with Crippen LogP contribution in [0.3, 0.4) is 0 Å². The Morgan fingerprint density at radius 2 is 1.53 bits per heavy atom. The lowest BCUT2D eigenvalue weighted by Gasteiger charge is -2.07. The summed E-state index contributed by atoms with van der Waals surface area (Å²) in [5.41, 5.74) is -0.0970. The van der Waals surface area contributed by atoms with Gasteiger partial charge in [0.25, 0.3) is 6.43 Å². The van der Waals surface area contributed by atoms with Crippen molar-refractivity contribution in [2.24, 2.45) is 0 Å². The van der Waals surface area contributed by atoms with Gasteiger partial charge in [-0.1, -0.05) is 36.4 Å². The number of benzene rings is 2. The minimum absolute atomic E-state index is 0.0970. The normalized spacial score (nSPS) is 12.6. The van der Waals surface area contributed by atoms with Crippen LogP contribution in [0.4, 0.5) is 13.2 Å². The predicted molar refractivity (Wildman–Crippen MR) is 64.2 cm³/mol. The maximum absolute atomic E-state index is 13.3. The molecule has 2 rings (SSSR count). The van der Waals surface area contributed by atoms with Gasteiger partial charge in [-0.25, -0.2) is 13.2 Å². The third-order valence-electron chi connectivity index (χ3n) is 2.73. The molecule has 2 aromatic rings. The summed E-state index contributed by atoms with van der Waals surface area (Å²) in [6, 6.07) is 11.3. The zero-order valence-corrected chi connectivity index (χ0v) is 9.65. The van der Waals surface area contributed by atoms with Gasteiger partial charge >= 0.3 is 0 Å². The fourth-order valence-corrected chi connectivity index (χ4v) is 1.73. The van der Waals surface area contributed by atoms with Gasteiger partial charge in [0.05, 0.1) is 0 Å². The van der Waals surface area contributed by atoms with Crippen LogP contribution < -0.4 is 0 Å². The molecule has 1 unspecified atom stereocenters. The number of ketones is 2. The molecular weight excluding hydrogens is 257 g/mol. The highest BCUT2D eigenvalue weighted by atomic mass is 19.3. The molecule has 2 nitrogen and oxygen atoms in total. The van der Waals surface area contributed by atoms with Gasteiger partial charge in [0.15, 0.2) is 0 Å². The lowest BCUT2D eigenvalue weighted by molar-refractivity contribution is -0.132. The maximum Gasteiger partial charge on any atom is 0.299 e. The Hall–Kier alpha value is -2.17. The third kappa shape index (κ3) is 2.65. The zero-order valence-electron chi connectivity index (χ0n) is 9.65. The van der Waals surface area contributed by atoms with E-state index in [1.54, 1.807) is 30.3 Å². The second-order valence-corrected chi connectivity index (χ2v) is 3.99. The molecule has 0 aliphatic rings. The van der Waals surface area contributed by atoms with E-state index in [0.29, 0.717) is 5.39 Å². The first-order valence-corrected chi connectivity index (χ1v) is 5.49. The number of fused-ring (bicyclic) bond motifs is 1. The van der Waals surface area contributed by atoms with Crippen LogP contribution in [0, 0.1) is 0 Å². The Balaban J connectivity index is 2.34. The summed E-state index contributed by atoms with van der Waals surface area (Å²) in [6.45, 7) is 0. The van der Waals surface area contributed by atoms with Crippen LogP contribution in [0.2, 0.25) is 0 Å². The molecule has 0 aromatic heterocycles. The molecule has 0 bridgehead atoms. The summed E-state index contributed by atoms with van der Waals surface area (Å²) in [5.74, 6) is -3.24. The van der Waals surface area contributed by atoms with Crippen molar-refractivity contribution in [1.29, 1.82) is 0 Å². The topological polar surface area (TPSA) is 34.1 Å². The van der Waals surface area contributed by atoms with Gasteiger partial charge in [0, 0.05) is 5.56 Å². The van der Waals surface area contributed by atoms with Gasteiger partial charge in [0.2, 0.25) is 17.7 Å². The van der Waals surface area contributed by atoms with E-state index in [2.05, 4.69) is 0 Å². The van der Waals surface area contributed by atoms with Crippen molar-refractivity contribution >= 4 is 22.3 Å². The fourth-order valence-electron chi connectivity index (χ4n) is 1.73. The fraction of sp³-hybridized carbons (Fsp3) is 0.143. The zero-order chi connectivity index (χ0) is 14.0. The molecule has 1 atom stereocenters. The van der Waals surface area contributed by atoms with Gasteiger partial charge in [-0.3, -0.25) is 9.59 Å². The first-order chi connectivity index (χ1) is 9.00. The largest absolute Gasteiger partial charge is 0.299 e. The van der Waals surface area contributed by atoms with E-state index in [1.807, 2.05) is 0 Å². The van der Waals surface area contributed by atoms with Crippen molar-refractivity contribution < 1.29 is 22.8 Å². The second-order valence-electron chi connectivity index (χ2n) is 3.99. The van der Waals surface area contributed by atoms with Crippen LogP contribution in [-0.2, 0) is 4.79 Å². The van der Waals surface area contributed by atoms with Crippen LogP contribution in [-0.4, -0.2) is 24.2 Å². The van der Waals surface area contributed by atoms with Crippen LogP contribution in [0.15, 0.2) is 42.5 Å². The molecule has 0 N–H and O–H groups in total. The van der Waals surface area contributed by atoms with E-state index in [-0.39, 0.29) is 5.56 Å². The molecule has 0 amide bonds. The average molecular weight is 266 g/mol. The molecule has 2 aromatic carbocycles. The van der Waals surface area contributed by atoms with E-state index in [4.69, 9.17) is 0 Å². The SMILES string of the molecule is O=C(c1ccc2ccccc2c1)C(F)C(=O)C(F)F. The molecule has 19 heavy (non-hydrogen) atoms. The van der Waals surface area contributed by atoms with Gasteiger partial charge in [-0.15, -0.1) is 0 Å². The summed E-state index contributed by atoms with van der Waals surface area (Å²) in [7, 11) is 0. The lowest BCUT2D eigenvalue weighted by atomic mass is 10.0. The van der Waals surface area contributed by atoms with E-state index in [0.717, 1.165) is 5.39 Å².